The van der Waals surface area contributed by atoms with Crippen molar-refractivity contribution in [2.75, 3.05) is 11.1 Å². The second-order valence-electron chi connectivity index (χ2n) is 5.01. The van der Waals surface area contributed by atoms with Crippen LogP contribution in [0.1, 0.15) is 20.8 Å². The summed E-state index contributed by atoms with van der Waals surface area (Å²) in [5.74, 6) is -0.604. The van der Waals surface area contributed by atoms with Gasteiger partial charge in [-0.15, -0.1) is 0 Å². The van der Waals surface area contributed by atoms with Crippen LogP contribution in [0.25, 0.3) is 0 Å². The van der Waals surface area contributed by atoms with Gasteiger partial charge in [0.15, 0.2) is 5.69 Å². The molecule has 3 rings (SSSR count). The number of anilines is 2. The normalized spacial score (nSPS) is 10.2. The van der Waals surface area contributed by atoms with E-state index in [2.05, 4.69) is 10.3 Å². The van der Waals surface area contributed by atoms with Crippen LogP contribution in [-0.4, -0.2) is 16.8 Å². The number of carbonyl (C=O) groups excluding carboxylic acids is 2. The lowest BCUT2D eigenvalue weighted by Gasteiger charge is -2.03. The predicted octanol–water partition coefficient (Wildman–Crippen LogP) is 2.87. The fourth-order valence-electron chi connectivity index (χ4n) is 2.00. The highest BCUT2D eigenvalue weighted by Crippen LogP contribution is 2.33. The number of nitrogens with zero attached hydrogens (tertiary/aromatic N) is 1. The van der Waals surface area contributed by atoms with Crippen molar-refractivity contribution in [1.29, 1.82) is 0 Å². The van der Waals surface area contributed by atoms with Gasteiger partial charge < -0.3 is 21.5 Å². The minimum Gasteiger partial charge on any atom is -0.431 e. The van der Waals surface area contributed by atoms with E-state index in [9.17, 15) is 9.59 Å². The molecule has 126 valence electrons. The van der Waals surface area contributed by atoms with Crippen molar-refractivity contribution < 1.29 is 14.3 Å². The summed E-state index contributed by atoms with van der Waals surface area (Å²) in [5, 5.41) is 3.05. The summed E-state index contributed by atoms with van der Waals surface area (Å²) in [5.41, 5.74) is 11.8. The fourth-order valence-corrected chi connectivity index (χ4v) is 2.83. The first-order chi connectivity index (χ1) is 12.0. The van der Waals surface area contributed by atoms with Gasteiger partial charge in [-0.25, -0.2) is 0 Å². The Hall–Kier alpha value is -3.39. The van der Waals surface area contributed by atoms with Gasteiger partial charge in [0.05, 0.1) is 0 Å². The SMILES string of the molecule is NC(=O)c1nc(Oc2ccccc2)sc1NC(=O)c1ccc(N)cc1. The zero-order chi connectivity index (χ0) is 17.8. The van der Waals surface area contributed by atoms with Crippen molar-refractivity contribution in [2.45, 2.75) is 0 Å². The number of para-hydroxylation sites is 1. The van der Waals surface area contributed by atoms with E-state index in [0.29, 0.717) is 17.0 Å². The van der Waals surface area contributed by atoms with E-state index in [-0.39, 0.29) is 15.9 Å². The van der Waals surface area contributed by atoms with Gasteiger partial charge in [-0.1, -0.05) is 29.5 Å². The lowest BCUT2D eigenvalue weighted by molar-refractivity contribution is 0.0996. The number of benzene rings is 2. The molecule has 0 spiro atoms. The number of primary amides is 1. The summed E-state index contributed by atoms with van der Waals surface area (Å²) in [7, 11) is 0. The Morgan fingerprint density at radius 3 is 2.36 bits per heavy atom. The van der Waals surface area contributed by atoms with Gasteiger partial charge in [0, 0.05) is 11.3 Å². The van der Waals surface area contributed by atoms with Crippen molar-refractivity contribution in [1.82, 2.24) is 4.98 Å². The Kier molecular flexibility index (Phi) is 4.62. The Morgan fingerprint density at radius 2 is 1.72 bits per heavy atom. The molecule has 1 heterocycles. The Morgan fingerprint density at radius 1 is 1.04 bits per heavy atom. The quantitative estimate of drug-likeness (QED) is 0.608. The molecular formula is C17H14N4O3S. The summed E-state index contributed by atoms with van der Waals surface area (Å²) >= 11 is 1.02. The van der Waals surface area contributed by atoms with Gasteiger partial charge in [-0.3, -0.25) is 9.59 Å². The summed E-state index contributed by atoms with van der Waals surface area (Å²) in [6, 6.07) is 15.3. The van der Waals surface area contributed by atoms with E-state index in [1.807, 2.05) is 18.2 Å². The van der Waals surface area contributed by atoms with E-state index >= 15 is 0 Å². The molecule has 2 aromatic carbocycles. The number of nitrogens with one attached hydrogen (secondary N) is 1. The number of rotatable bonds is 5. The van der Waals surface area contributed by atoms with E-state index in [1.54, 1.807) is 36.4 Å². The minimum absolute atomic E-state index is 0.0558. The zero-order valence-corrected chi connectivity index (χ0v) is 13.7. The predicted molar refractivity (Wildman–Crippen MR) is 96.0 cm³/mol. The second kappa shape index (κ2) is 7.02. The van der Waals surface area contributed by atoms with E-state index in [1.165, 1.54) is 0 Å². The van der Waals surface area contributed by atoms with Crippen LogP contribution < -0.4 is 21.5 Å². The number of nitrogens with two attached hydrogens (primary N) is 2. The third-order valence-corrected chi connectivity index (χ3v) is 4.04. The van der Waals surface area contributed by atoms with Crippen LogP contribution in [0.15, 0.2) is 54.6 Å². The molecule has 0 aliphatic heterocycles. The largest absolute Gasteiger partial charge is 0.431 e. The Labute approximate surface area is 147 Å². The maximum atomic E-state index is 12.3. The maximum Gasteiger partial charge on any atom is 0.281 e. The van der Waals surface area contributed by atoms with Crippen LogP contribution >= 0.6 is 11.3 Å². The van der Waals surface area contributed by atoms with Gasteiger partial charge in [-0.05, 0) is 36.4 Å². The number of amides is 2. The Balaban J connectivity index is 1.83. The zero-order valence-electron chi connectivity index (χ0n) is 12.9. The maximum absolute atomic E-state index is 12.3. The second-order valence-corrected chi connectivity index (χ2v) is 5.97. The van der Waals surface area contributed by atoms with Gasteiger partial charge in [-0.2, -0.15) is 4.98 Å². The topological polar surface area (TPSA) is 120 Å². The standard InChI is InChI=1S/C17H14N4O3S/c18-11-8-6-10(7-9-11)15(23)21-16-13(14(19)22)20-17(25-16)24-12-4-2-1-3-5-12/h1-9H,18H2,(H2,19,22)(H,21,23). The average molecular weight is 354 g/mol. The molecule has 0 radical (unpaired) electrons. The number of aromatic nitrogens is 1. The van der Waals surface area contributed by atoms with Crippen molar-refractivity contribution >= 4 is 33.8 Å². The van der Waals surface area contributed by atoms with Crippen molar-refractivity contribution in [3.8, 4) is 10.9 Å². The molecule has 7 nitrogen and oxygen atoms in total. The third kappa shape index (κ3) is 3.93. The number of hydrogen-bond donors (Lipinski definition) is 3. The number of hydrogen-bond acceptors (Lipinski definition) is 6. The van der Waals surface area contributed by atoms with Crippen LogP contribution in [-0.2, 0) is 0 Å². The lowest BCUT2D eigenvalue weighted by Crippen LogP contribution is -2.17. The van der Waals surface area contributed by atoms with Crippen molar-refractivity contribution in [3.05, 3.63) is 65.9 Å². The molecule has 3 aromatic rings. The Bertz CT molecular complexity index is 907. The summed E-state index contributed by atoms with van der Waals surface area (Å²) in [6.07, 6.45) is 0. The van der Waals surface area contributed by atoms with Crippen LogP contribution in [0.5, 0.6) is 10.9 Å². The summed E-state index contributed by atoms with van der Waals surface area (Å²) in [4.78, 5) is 27.9. The number of ether oxygens (including phenoxy) is 1. The van der Waals surface area contributed by atoms with E-state index in [0.717, 1.165) is 11.3 Å². The molecule has 25 heavy (non-hydrogen) atoms. The first kappa shape index (κ1) is 16.5. The summed E-state index contributed by atoms with van der Waals surface area (Å²) in [6.45, 7) is 0. The van der Waals surface area contributed by atoms with Crippen LogP contribution in [0.3, 0.4) is 0 Å². The molecule has 5 N–H and O–H groups in total. The molecule has 0 saturated carbocycles. The fraction of sp³-hybridized carbons (Fsp3) is 0. The molecule has 0 atom stereocenters. The molecule has 0 saturated heterocycles. The molecule has 0 fully saturated rings. The van der Waals surface area contributed by atoms with Gasteiger partial charge >= 0.3 is 0 Å². The molecular weight excluding hydrogens is 340 g/mol. The first-order valence-corrected chi connectivity index (χ1v) is 8.05. The monoisotopic (exact) mass is 354 g/mol. The first-order valence-electron chi connectivity index (χ1n) is 7.23. The number of nitrogen functional groups attached to an aromatic ring is 1. The van der Waals surface area contributed by atoms with Crippen LogP contribution in [0.4, 0.5) is 10.7 Å². The lowest BCUT2D eigenvalue weighted by atomic mass is 10.2. The molecule has 1 aromatic heterocycles. The highest BCUT2D eigenvalue weighted by molar-refractivity contribution is 7.18. The van der Waals surface area contributed by atoms with Crippen LogP contribution in [0.2, 0.25) is 0 Å². The highest BCUT2D eigenvalue weighted by atomic mass is 32.1. The molecule has 2 amide bonds. The molecule has 0 bridgehead atoms. The van der Waals surface area contributed by atoms with Gasteiger partial charge in [0.2, 0.25) is 0 Å². The van der Waals surface area contributed by atoms with Gasteiger partial charge in [0.25, 0.3) is 17.0 Å². The van der Waals surface area contributed by atoms with Crippen molar-refractivity contribution in [3.63, 3.8) is 0 Å². The van der Waals surface area contributed by atoms with Crippen molar-refractivity contribution in [2.24, 2.45) is 5.73 Å². The highest BCUT2D eigenvalue weighted by Gasteiger charge is 2.19. The number of thiazole rings is 1. The smallest absolute Gasteiger partial charge is 0.281 e. The van der Waals surface area contributed by atoms with Crippen LogP contribution in [0, 0.1) is 0 Å². The number of carbonyl (C=O) groups is 2. The molecule has 0 unspecified atom stereocenters. The third-order valence-electron chi connectivity index (χ3n) is 3.19. The van der Waals surface area contributed by atoms with E-state index < -0.39 is 11.8 Å². The van der Waals surface area contributed by atoms with E-state index in [4.69, 9.17) is 16.2 Å². The average Bonchev–Trinajstić information content (AvgIpc) is 2.99. The minimum atomic E-state index is -0.758. The molecule has 0 aliphatic rings. The van der Waals surface area contributed by atoms with Gasteiger partial charge in [0.1, 0.15) is 10.8 Å². The molecule has 8 heteroatoms. The molecule has 0 aliphatic carbocycles. The summed E-state index contributed by atoms with van der Waals surface area (Å²) < 4.78 is 5.58.